The number of halogens is 1. The van der Waals surface area contributed by atoms with Crippen LogP contribution in [0.2, 0.25) is 0 Å². The molecule has 2 aromatic carbocycles. The fraction of sp³-hybridized carbons (Fsp3) is 0.0625. The van der Waals surface area contributed by atoms with Crippen LogP contribution in [0.3, 0.4) is 0 Å². The van der Waals surface area contributed by atoms with Gasteiger partial charge in [-0.2, -0.15) is 8.42 Å². The molecule has 23 heavy (non-hydrogen) atoms. The molecule has 0 saturated heterocycles. The smallest absolute Gasteiger partial charge is 0.332 e. The number of carbonyl (C=O) groups excluding carboxylic acids is 1. The zero-order chi connectivity index (χ0) is 16.9. The molecule has 120 valence electrons. The Hall–Kier alpha value is -2.12. The van der Waals surface area contributed by atoms with Gasteiger partial charge in [0.15, 0.2) is 17.8 Å². The lowest BCUT2D eigenvalue weighted by molar-refractivity contribution is 0.112. The molecule has 0 saturated carbocycles. The average molecular weight is 397 g/mol. The van der Waals surface area contributed by atoms with E-state index in [1.165, 1.54) is 25.3 Å². The van der Waals surface area contributed by atoms with E-state index in [0.29, 0.717) is 11.8 Å². The maximum Gasteiger partial charge on any atom is 0.332 e. The average Bonchev–Trinajstić information content (AvgIpc) is 2.54. The van der Waals surface area contributed by atoms with Crippen LogP contribution < -0.4 is 8.92 Å². The lowest BCUT2D eigenvalue weighted by Crippen LogP contribution is -2.08. The van der Waals surface area contributed by atoms with Gasteiger partial charge in [-0.25, -0.2) is 0 Å². The van der Waals surface area contributed by atoms with E-state index in [9.17, 15) is 13.2 Å². The zero-order valence-electron chi connectivity index (χ0n) is 12.1. The first-order chi connectivity index (χ1) is 10.9. The highest BCUT2D eigenvalue weighted by Crippen LogP contribution is 2.31. The quantitative estimate of drug-likeness (QED) is 0.550. The third-order valence-electron chi connectivity index (χ3n) is 2.85. The van der Waals surface area contributed by atoms with E-state index >= 15 is 0 Å². The molecule has 7 heteroatoms. The molecule has 0 aliphatic rings. The molecule has 0 amide bonds. The Labute approximate surface area is 142 Å². The van der Waals surface area contributed by atoms with Crippen molar-refractivity contribution in [3.05, 3.63) is 63.5 Å². The Morgan fingerprint density at radius 3 is 2.39 bits per heavy atom. The molecular weight excluding hydrogens is 384 g/mol. The van der Waals surface area contributed by atoms with Crippen molar-refractivity contribution in [1.82, 2.24) is 0 Å². The summed E-state index contributed by atoms with van der Waals surface area (Å²) in [4.78, 5) is 11.0. The maximum absolute atomic E-state index is 12.1. The summed E-state index contributed by atoms with van der Waals surface area (Å²) in [6.07, 6.45) is 1.91. The lowest BCUT2D eigenvalue weighted by atomic mass is 10.2. The van der Waals surface area contributed by atoms with Gasteiger partial charge in [0, 0.05) is 4.47 Å². The Balaban J connectivity index is 2.28. The van der Waals surface area contributed by atoms with Gasteiger partial charge in [0.2, 0.25) is 0 Å². The molecule has 0 N–H and O–H groups in total. The Bertz CT molecular complexity index is 826. The van der Waals surface area contributed by atoms with Crippen LogP contribution >= 0.6 is 15.9 Å². The van der Waals surface area contributed by atoms with Gasteiger partial charge in [-0.05, 0) is 35.9 Å². The SMILES string of the molecule is COc1cccc(C=O)c1OS(=O)(=O)/C=C/c1ccc(Br)cc1. The molecule has 0 aromatic heterocycles. The predicted molar refractivity (Wildman–Crippen MR) is 91.1 cm³/mol. The Morgan fingerprint density at radius 2 is 1.78 bits per heavy atom. The van der Waals surface area contributed by atoms with Gasteiger partial charge < -0.3 is 8.92 Å². The van der Waals surface area contributed by atoms with Crippen LogP contribution in [0.15, 0.2) is 52.3 Å². The minimum Gasteiger partial charge on any atom is -0.493 e. The molecule has 2 aromatic rings. The third-order valence-corrected chi connectivity index (χ3v) is 4.25. The van der Waals surface area contributed by atoms with Crippen LogP contribution in [0.4, 0.5) is 0 Å². The summed E-state index contributed by atoms with van der Waals surface area (Å²) in [5.74, 6) is 0.0284. The minimum absolute atomic E-state index is 0.0879. The van der Waals surface area contributed by atoms with Crippen LogP contribution in [0.1, 0.15) is 15.9 Å². The summed E-state index contributed by atoms with van der Waals surface area (Å²) in [7, 11) is -2.68. The molecule has 0 aliphatic carbocycles. The monoisotopic (exact) mass is 396 g/mol. The first-order valence-corrected chi connectivity index (χ1v) is 8.72. The molecule has 0 heterocycles. The van der Waals surface area contributed by atoms with Crippen molar-refractivity contribution in [1.29, 1.82) is 0 Å². The molecule has 0 radical (unpaired) electrons. The van der Waals surface area contributed by atoms with Crippen molar-refractivity contribution in [3.63, 3.8) is 0 Å². The second-order valence-corrected chi connectivity index (χ2v) is 6.77. The van der Waals surface area contributed by atoms with Crippen LogP contribution in [-0.2, 0) is 10.1 Å². The number of carbonyl (C=O) groups is 1. The molecule has 2 rings (SSSR count). The maximum atomic E-state index is 12.1. The van der Waals surface area contributed by atoms with Crippen molar-refractivity contribution in [2.24, 2.45) is 0 Å². The molecular formula is C16H13BrO5S. The summed E-state index contributed by atoms with van der Waals surface area (Å²) in [5.41, 5.74) is 0.779. The largest absolute Gasteiger partial charge is 0.493 e. The third kappa shape index (κ3) is 4.67. The van der Waals surface area contributed by atoms with Crippen LogP contribution in [0.5, 0.6) is 11.5 Å². The summed E-state index contributed by atoms with van der Waals surface area (Å²) >= 11 is 3.30. The fourth-order valence-electron chi connectivity index (χ4n) is 1.76. The van der Waals surface area contributed by atoms with Gasteiger partial charge in [0.05, 0.1) is 18.1 Å². The Kier molecular flexibility index (Phi) is 5.57. The van der Waals surface area contributed by atoms with Crippen molar-refractivity contribution in [2.75, 3.05) is 7.11 Å². The van der Waals surface area contributed by atoms with Crippen LogP contribution in [0.25, 0.3) is 6.08 Å². The second-order valence-electron chi connectivity index (χ2n) is 4.43. The number of rotatable bonds is 6. The summed E-state index contributed by atoms with van der Waals surface area (Å²) in [6.45, 7) is 0. The van der Waals surface area contributed by atoms with Gasteiger partial charge in [-0.1, -0.05) is 34.1 Å². The fourth-order valence-corrected chi connectivity index (χ4v) is 2.81. The first-order valence-electron chi connectivity index (χ1n) is 6.45. The van der Waals surface area contributed by atoms with Gasteiger partial charge in [-0.3, -0.25) is 4.79 Å². The van der Waals surface area contributed by atoms with E-state index in [2.05, 4.69) is 15.9 Å². The molecule has 0 spiro atoms. The van der Waals surface area contributed by atoms with E-state index < -0.39 is 10.1 Å². The van der Waals surface area contributed by atoms with E-state index in [1.807, 2.05) is 0 Å². The van der Waals surface area contributed by atoms with Crippen LogP contribution in [0, 0.1) is 0 Å². The van der Waals surface area contributed by atoms with Gasteiger partial charge in [-0.15, -0.1) is 0 Å². The number of benzene rings is 2. The number of hydrogen-bond acceptors (Lipinski definition) is 5. The number of hydrogen-bond donors (Lipinski definition) is 0. The van der Waals surface area contributed by atoms with Gasteiger partial charge >= 0.3 is 10.1 Å². The topological polar surface area (TPSA) is 69.7 Å². The highest BCUT2D eigenvalue weighted by atomic mass is 79.9. The predicted octanol–water partition coefficient (Wildman–Crippen LogP) is 3.65. The van der Waals surface area contributed by atoms with Crippen molar-refractivity contribution < 1.29 is 22.1 Å². The number of aldehydes is 1. The summed E-state index contributed by atoms with van der Waals surface area (Å²) in [6, 6.07) is 11.6. The molecule has 5 nitrogen and oxygen atoms in total. The van der Waals surface area contributed by atoms with Crippen LogP contribution in [-0.4, -0.2) is 21.8 Å². The van der Waals surface area contributed by atoms with E-state index in [-0.39, 0.29) is 17.1 Å². The summed E-state index contributed by atoms with van der Waals surface area (Å²) in [5, 5.41) is 0.928. The van der Waals surface area contributed by atoms with E-state index in [1.54, 1.807) is 30.3 Å². The number of ether oxygens (including phenoxy) is 1. The van der Waals surface area contributed by atoms with E-state index in [4.69, 9.17) is 8.92 Å². The highest BCUT2D eigenvalue weighted by molar-refractivity contribution is 9.10. The second kappa shape index (κ2) is 7.43. The van der Waals surface area contributed by atoms with E-state index in [0.717, 1.165) is 9.88 Å². The molecule has 0 fully saturated rings. The standard InChI is InChI=1S/C16H13BrO5S/c1-21-15-4-2-3-13(11-18)16(15)22-23(19,20)10-9-12-5-7-14(17)8-6-12/h2-11H,1H3/b10-9+. The zero-order valence-corrected chi connectivity index (χ0v) is 14.5. The minimum atomic E-state index is -4.04. The van der Waals surface area contributed by atoms with Gasteiger partial charge in [0.1, 0.15) is 0 Å². The van der Waals surface area contributed by atoms with Crippen molar-refractivity contribution >= 4 is 38.4 Å². The first kappa shape index (κ1) is 17.2. The highest BCUT2D eigenvalue weighted by Gasteiger charge is 2.17. The number of methoxy groups -OCH3 is 1. The molecule has 0 aliphatic heterocycles. The molecule has 0 bridgehead atoms. The van der Waals surface area contributed by atoms with Crippen molar-refractivity contribution in [2.45, 2.75) is 0 Å². The summed E-state index contributed by atoms with van der Waals surface area (Å²) < 4.78 is 35.1. The number of para-hydroxylation sites is 1. The lowest BCUT2D eigenvalue weighted by Gasteiger charge is -2.10. The molecule has 0 unspecified atom stereocenters. The normalized spacial score (nSPS) is 11.4. The Morgan fingerprint density at radius 1 is 1.09 bits per heavy atom. The molecule has 0 atom stereocenters. The van der Waals surface area contributed by atoms with Gasteiger partial charge in [0.25, 0.3) is 0 Å². The van der Waals surface area contributed by atoms with Crippen molar-refractivity contribution in [3.8, 4) is 11.5 Å².